The fraction of sp³-hybridized carbons (Fsp3) is 0.429. The van der Waals surface area contributed by atoms with Crippen LogP contribution in [0.15, 0.2) is 18.2 Å². The van der Waals surface area contributed by atoms with Gasteiger partial charge in [0, 0.05) is 17.8 Å². The molecule has 1 fully saturated rings. The van der Waals surface area contributed by atoms with Gasteiger partial charge in [-0.25, -0.2) is 9.97 Å². The van der Waals surface area contributed by atoms with Gasteiger partial charge in [-0.3, -0.25) is 0 Å². The van der Waals surface area contributed by atoms with Crippen LogP contribution in [0.1, 0.15) is 29.4 Å². The third-order valence-corrected chi connectivity index (χ3v) is 3.44. The van der Waals surface area contributed by atoms with Crippen molar-refractivity contribution in [1.82, 2.24) is 15.3 Å². The molecule has 2 aromatic rings. The molecule has 0 radical (unpaired) electrons. The number of rotatable bonds is 1. The van der Waals surface area contributed by atoms with Crippen LogP contribution >= 0.6 is 0 Å². The largest absolute Gasteiger partial charge is 0.316 e. The molecule has 3 rings (SSSR count). The second kappa shape index (κ2) is 4.08. The van der Waals surface area contributed by atoms with E-state index in [1.165, 1.54) is 23.1 Å². The lowest BCUT2D eigenvalue weighted by Crippen LogP contribution is -2.10. The predicted octanol–water partition coefficient (Wildman–Crippen LogP) is 2.32. The van der Waals surface area contributed by atoms with E-state index in [1.807, 2.05) is 6.92 Å². The minimum atomic E-state index is 0.543. The quantitative estimate of drug-likeness (QED) is 0.812. The summed E-state index contributed by atoms with van der Waals surface area (Å²) in [5.41, 5.74) is 3.57. The van der Waals surface area contributed by atoms with Gasteiger partial charge >= 0.3 is 0 Å². The van der Waals surface area contributed by atoms with Gasteiger partial charge in [0.2, 0.25) is 0 Å². The molecule has 0 saturated carbocycles. The lowest BCUT2D eigenvalue weighted by atomic mass is 9.99. The summed E-state index contributed by atoms with van der Waals surface area (Å²) >= 11 is 0. The van der Waals surface area contributed by atoms with E-state index in [0.29, 0.717) is 5.92 Å². The first-order valence-corrected chi connectivity index (χ1v) is 6.19. The SMILES string of the molecule is Cc1ccc2nc(C)nc(C3CCNC3)c2c1. The predicted molar refractivity (Wildman–Crippen MR) is 69.2 cm³/mol. The molecule has 1 aromatic carbocycles. The highest BCUT2D eigenvalue weighted by Gasteiger charge is 2.21. The van der Waals surface area contributed by atoms with Crippen LogP contribution in [0.2, 0.25) is 0 Å². The van der Waals surface area contributed by atoms with Gasteiger partial charge in [-0.15, -0.1) is 0 Å². The highest BCUT2D eigenvalue weighted by molar-refractivity contribution is 5.82. The van der Waals surface area contributed by atoms with Gasteiger partial charge in [-0.2, -0.15) is 0 Å². The summed E-state index contributed by atoms with van der Waals surface area (Å²) < 4.78 is 0. The zero-order valence-electron chi connectivity index (χ0n) is 10.3. The zero-order valence-corrected chi connectivity index (χ0v) is 10.3. The number of nitrogens with one attached hydrogen (secondary N) is 1. The van der Waals surface area contributed by atoms with Gasteiger partial charge in [0.25, 0.3) is 0 Å². The van der Waals surface area contributed by atoms with E-state index in [4.69, 9.17) is 0 Å². The van der Waals surface area contributed by atoms with Crippen molar-refractivity contribution in [2.45, 2.75) is 26.2 Å². The molecule has 0 spiro atoms. The fourth-order valence-corrected chi connectivity index (χ4v) is 2.59. The monoisotopic (exact) mass is 227 g/mol. The Morgan fingerprint density at radius 1 is 1.24 bits per heavy atom. The summed E-state index contributed by atoms with van der Waals surface area (Å²) in [6, 6.07) is 6.43. The Hall–Kier alpha value is -1.48. The molecule has 1 aliphatic heterocycles. The van der Waals surface area contributed by atoms with Crippen molar-refractivity contribution < 1.29 is 0 Å². The highest BCUT2D eigenvalue weighted by Crippen LogP contribution is 2.27. The van der Waals surface area contributed by atoms with E-state index in [2.05, 4.69) is 40.4 Å². The molecular formula is C14H17N3. The maximum atomic E-state index is 4.67. The lowest BCUT2D eigenvalue weighted by Gasteiger charge is -2.12. The average Bonchev–Trinajstić information content (AvgIpc) is 2.82. The molecule has 1 atom stereocenters. The van der Waals surface area contributed by atoms with Crippen LogP contribution < -0.4 is 5.32 Å². The van der Waals surface area contributed by atoms with Crippen LogP contribution in [0.25, 0.3) is 10.9 Å². The van der Waals surface area contributed by atoms with Crippen molar-refractivity contribution in [3.05, 3.63) is 35.3 Å². The normalized spacial score (nSPS) is 20.0. The maximum Gasteiger partial charge on any atom is 0.126 e. The molecule has 0 aliphatic carbocycles. The smallest absolute Gasteiger partial charge is 0.126 e. The fourth-order valence-electron chi connectivity index (χ4n) is 2.59. The number of nitrogens with zero attached hydrogens (tertiary/aromatic N) is 2. The second-order valence-electron chi connectivity index (χ2n) is 4.87. The Balaban J connectivity index is 2.23. The molecule has 1 aromatic heterocycles. The van der Waals surface area contributed by atoms with Gasteiger partial charge in [-0.05, 0) is 38.9 Å². The van der Waals surface area contributed by atoms with Crippen molar-refractivity contribution in [1.29, 1.82) is 0 Å². The lowest BCUT2D eigenvalue weighted by molar-refractivity contribution is 0.735. The molecule has 0 amide bonds. The first kappa shape index (κ1) is 10.7. The summed E-state index contributed by atoms with van der Waals surface area (Å²) in [6.07, 6.45) is 1.18. The molecule has 88 valence electrons. The van der Waals surface area contributed by atoms with E-state index in [0.717, 1.165) is 24.4 Å². The van der Waals surface area contributed by atoms with E-state index < -0.39 is 0 Å². The van der Waals surface area contributed by atoms with Crippen molar-refractivity contribution >= 4 is 10.9 Å². The van der Waals surface area contributed by atoms with Crippen LogP contribution in [0, 0.1) is 13.8 Å². The van der Waals surface area contributed by atoms with E-state index in [-0.39, 0.29) is 0 Å². The molecule has 1 unspecified atom stereocenters. The number of hydrogen-bond acceptors (Lipinski definition) is 3. The molecule has 3 nitrogen and oxygen atoms in total. The highest BCUT2D eigenvalue weighted by atomic mass is 14.9. The Bertz CT molecular complexity index is 557. The van der Waals surface area contributed by atoms with E-state index in [1.54, 1.807) is 0 Å². The van der Waals surface area contributed by atoms with Crippen molar-refractivity contribution in [2.75, 3.05) is 13.1 Å². The summed E-state index contributed by atoms with van der Waals surface area (Å²) in [4.78, 5) is 9.19. The second-order valence-corrected chi connectivity index (χ2v) is 4.87. The van der Waals surface area contributed by atoms with Crippen molar-refractivity contribution in [3.63, 3.8) is 0 Å². The van der Waals surface area contributed by atoms with Gasteiger partial charge in [-0.1, -0.05) is 11.6 Å². The summed E-state index contributed by atoms with van der Waals surface area (Å²) in [5, 5.41) is 4.64. The number of aromatic nitrogens is 2. The van der Waals surface area contributed by atoms with Gasteiger partial charge in [0.1, 0.15) is 5.82 Å². The summed E-state index contributed by atoms with van der Waals surface area (Å²) in [5.74, 6) is 1.42. The number of benzene rings is 1. The molecule has 3 heteroatoms. The molecule has 2 heterocycles. The summed E-state index contributed by atoms with van der Waals surface area (Å²) in [6.45, 7) is 6.24. The Morgan fingerprint density at radius 3 is 2.88 bits per heavy atom. The zero-order chi connectivity index (χ0) is 11.8. The molecule has 17 heavy (non-hydrogen) atoms. The minimum Gasteiger partial charge on any atom is -0.316 e. The Kier molecular flexibility index (Phi) is 2.56. The van der Waals surface area contributed by atoms with Crippen LogP contribution in [-0.4, -0.2) is 23.1 Å². The number of fused-ring (bicyclic) bond motifs is 1. The maximum absolute atomic E-state index is 4.67. The van der Waals surface area contributed by atoms with Gasteiger partial charge < -0.3 is 5.32 Å². The molecule has 1 aliphatic rings. The minimum absolute atomic E-state index is 0.543. The molecule has 1 saturated heterocycles. The first-order chi connectivity index (χ1) is 8.24. The van der Waals surface area contributed by atoms with Crippen molar-refractivity contribution in [2.24, 2.45) is 0 Å². The molecular weight excluding hydrogens is 210 g/mol. The molecule has 0 bridgehead atoms. The topological polar surface area (TPSA) is 37.8 Å². The third-order valence-electron chi connectivity index (χ3n) is 3.44. The van der Waals surface area contributed by atoms with E-state index >= 15 is 0 Å². The number of aryl methyl sites for hydroxylation is 2. The Labute approximate surface area is 101 Å². The third kappa shape index (κ3) is 1.91. The van der Waals surface area contributed by atoms with Crippen LogP contribution in [0.3, 0.4) is 0 Å². The molecule has 1 N–H and O–H groups in total. The van der Waals surface area contributed by atoms with Crippen LogP contribution in [0.5, 0.6) is 0 Å². The van der Waals surface area contributed by atoms with Crippen molar-refractivity contribution in [3.8, 4) is 0 Å². The standard InChI is InChI=1S/C14H17N3/c1-9-3-4-13-12(7-9)14(17-10(2)16-13)11-5-6-15-8-11/h3-4,7,11,15H,5-6,8H2,1-2H3. The van der Waals surface area contributed by atoms with E-state index in [9.17, 15) is 0 Å². The Morgan fingerprint density at radius 2 is 2.12 bits per heavy atom. The van der Waals surface area contributed by atoms with Gasteiger partial charge in [0.15, 0.2) is 0 Å². The summed E-state index contributed by atoms with van der Waals surface area (Å²) in [7, 11) is 0. The van der Waals surface area contributed by atoms with Crippen LogP contribution in [-0.2, 0) is 0 Å². The van der Waals surface area contributed by atoms with Crippen LogP contribution in [0.4, 0.5) is 0 Å². The van der Waals surface area contributed by atoms with Gasteiger partial charge in [0.05, 0.1) is 11.2 Å². The number of hydrogen-bond donors (Lipinski definition) is 1. The average molecular weight is 227 g/mol. The first-order valence-electron chi connectivity index (χ1n) is 6.19.